The van der Waals surface area contributed by atoms with Crippen LogP contribution in [-0.4, -0.2) is 18.1 Å². The fourth-order valence-electron chi connectivity index (χ4n) is 3.98. The summed E-state index contributed by atoms with van der Waals surface area (Å²) in [6.45, 7) is 20.0. The number of aromatic nitrogens is 1. The predicted molar refractivity (Wildman–Crippen MR) is 157 cm³/mol. The quantitative estimate of drug-likeness (QED) is 0.190. The van der Waals surface area contributed by atoms with Crippen molar-refractivity contribution in [1.29, 1.82) is 0 Å². The Bertz CT molecular complexity index is 1380. The lowest BCUT2D eigenvalue weighted by Crippen LogP contribution is -2.15. The molecule has 0 aliphatic heterocycles. The van der Waals surface area contributed by atoms with Crippen molar-refractivity contribution in [1.82, 2.24) is 10.3 Å². The molecule has 2 aromatic carbocycles. The van der Waals surface area contributed by atoms with Crippen LogP contribution in [0.15, 0.2) is 104 Å². The standard InChI is InChI=1S/C32H35FN4/c1-7-24(18-35-9-3)16-25(8-2)26-14-15-31(34)28(17-26)21(4)23(6)37-32-20-36-19-29(22(32)5)27-12-10-11-13-30(27)33/h7-8,10-17,19-20,35,37H,1,4,6,9,18,34H2,2-3,5H3/b24-16+,25-8+. The summed E-state index contributed by atoms with van der Waals surface area (Å²) in [7, 11) is 0. The highest BCUT2D eigenvalue weighted by molar-refractivity contribution is 5.89. The average Bonchev–Trinajstić information content (AvgIpc) is 2.90. The van der Waals surface area contributed by atoms with Crippen LogP contribution < -0.4 is 16.4 Å². The van der Waals surface area contributed by atoms with Gasteiger partial charge in [0.15, 0.2) is 0 Å². The number of benzene rings is 2. The third kappa shape index (κ3) is 6.51. The van der Waals surface area contributed by atoms with Crippen molar-refractivity contribution in [2.45, 2.75) is 20.8 Å². The van der Waals surface area contributed by atoms with E-state index < -0.39 is 0 Å². The average molecular weight is 495 g/mol. The third-order valence-corrected chi connectivity index (χ3v) is 6.23. The molecule has 1 heterocycles. The highest BCUT2D eigenvalue weighted by atomic mass is 19.1. The van der Waals surface area contributed by atoms with Gasteiger partial charge in [-0.3, -0.25) is 4.98 Å². The maximum Gasteiger partial charge on any atom is 0.131 e. The van der Waals surface area contributed by atoms with Gasteiger partial charge in [0.25, 0.3) is 0 Å². The van der Waals surface area contributed by atoms with Crippen LogP contribution in [0.25, 0.3) is 22.3 Å². The number of nitrogen functional groups attached to an aromatic ring is 1. The minimum atomic E-state index is -0.295. The Morgan fingerprint density at radius 1 is 1.11 bits per heavy atom. The number of pyridine rings is 1. The molecule has 0 fully saturated rings. The van der Waals surface area contributed by atoms with E-state index in [1.54, 1.807) is 30.6 Å². The molecule has 0 saturated carbocycles. The van der Waals surface area contributed by atoms with Crippen LogP contribution in [0.1, 0.15) is 30.5 Å². The van der Waals surface area contributed by atoms with E-state index in [0.717, 1.165) is 46.6 Å². The first-order valence-corrected chi connectivity index (χ1v) is 12.3. The first-order chi connectivity index (χ1) is 17.8. The Morgan fingerprint density at radius 3 is 2.54 bits per heavy atom. The second kappa shape index (κ2) is 12.7. The van der Waals surface area contributed by atoms with Crippen molar-refractivity contribution < 1.29 is 4.39 Å². The first-order valence-electron chi connectivity index (χ1n) is 12.3. The highest BCUT2D eigenvalue weighted by Gasteiger charge is 2.14. The maximum absolute atomic E-state index is 14.4. The van der Waals surface area contributed by atoms with Crippen molar-refractivity contribution in [2.24, 2.45) is 0 Å². The molecule has 3 rings (SSSR count). The van der Waals surface area contributed by atoms with Gasteiger partial charge in [-0.05, 0) is 66.4 Å². The molecule has 0 atom stereocenters. The van der Waals surface area contributed by atoms with Gasteiger partial charge in [0.05, 0.1) is 11.9 Å². The van der Waals surface area contributed by atoms with Crippen molar-refractivity contribution in [2.75, 3.05) is 24.1 Å². The molecule has 190 valence electrons. The molecule has 0 unspecified atom stereocenters. The molecule has 37 heavy (non-hydrogen) atoms. The molecule has 1 aromatic heterocycles. The number of rotatable bonds is 11. The molecular formula is C32H35FN4. The summed E-state index contributed by atoms with van der Waals surface area (Å²) >= 11 is 0. The number of nitrogens with one attached hydrogen (secondary N) is 2. The van der Waals surface area contributed by atoms with Crippen molar-refractivity contribution in [3.8, 4) is 11.1 Å². The molecule has 0 radical (unpaired) electrons. The fraction of sp³-hybridized carbons (Fsp3) is 0.156. The summed E-state index contributed by atoms with van der Waals surface area (Å²) in [4.78, 5) is 4.32. The van der Waals surface area contributed by atoms with Gasteiger partial charge in [-0.2, -0.15) is 0 Å². The van der Waals surface area contributed by atoms with E-state index in [2.05, 4.69) is 54.4 Å². The van der Waals surface area contributed by atoms with Gasteiger partial charge in [0.1, 0.15) is 5.82 Å². The van der Waals surface area contributed by atoms with Crippen LogP contribution in [0.3, 0.4) is 0 Å². The van der Waals surface area contributed by atoms with Crippen LogP contribution >= 0.6 is 0 Å². The van der Waals surface area contributed by atoms with Gasteiger partial charge in [0, 0.05) is 40.8 Å². The zero-order chi connectivity index (χ0) is 26.9. The molecule has 4 N–H and O–H groups in total. The summed E-state index contributed by atoms with van der Waals surface area (Å²) in [5.41, 5.74) is 14.9. The molecule has 5 heteroatoms. The molecule has 0 spiro atoms. The van der Waals surface area contributed by atoms with Gasteiger partial charge in [-0.1, -0.05) is 69.2 Å². The van der Waals surface area contributed by atoms with Crippen LogP contribution in [0.5, 0.6) is 0 Å². The van der Waals surface area contributed by atoms with E-state index in [9.17, 15) is 4.39 Å². The zero-order valence-corrected chi connectivity index (χ0v) is 21.9. The van der Waals surface area contributed by atoms with Crippen LogP contribution in [0.2, 0.25) is 0 Å². The van der Waals surface area contributed by atoms with Gasteiger partial charge < -0.3 is 16.4 Å². The summed E-state index contributed by atoms with van der Waals surface area (Å²) in [5.74, 6) is -0.295. The van der Waals surface area contributed by atoms with Crippen LogP contribution in [0.4, 0.5) is 15.8 Å². The Balaban J connectivity index is 1.89. The van der Waals surface area contributed by atoms with Crippen molar-refractivity contribution >= 4 is 22.5 Å². The molecule has 0 aliphatic rings. The van der Waals surface area contributed by atoms with E-state index in [-0.39, 0.29) is 5.82 Å². The van der Waals surface area contributed by atoms with E-state index in [1.807, 2.05) is 38.1 Å². The molecule has 4 nitrogen and oxygen atoms in total. The van der Waals surface area contributed by atoms with Crippen molar-refractivity contribution in [3.05, 3.63) is 127 Å². The topological polar surface area (TPSA) is 63.0 Å². The number of likely N-dealkylation sites (N-methyl/N-ethyl adjacent to an activating group) is 1. The summed E-state index contributed by atoms with van der Waals surface area (Å²) in [5, 5.41) is 6.64. The van der Waals surface area contributed by atoms with Gasteiger partial charge in [0.2, 0.25) is 0 Å². The monoisotopic (exact) mass is 494 g/mol. The highest BCUT2D eigenvalue weighted by Crippen LogP contribution is 2.33. The first kappa shape index (κ1) is 27.4. The minimum Gasteiger partial charge on any atom is -0.398 e. The minimum absolute atomic E-state index is 0.295. The largest absolute Gasteiger partial charge is 0.398 e. The number of nitrogens with zero attached hydrogens (tertiary/aromatic N) is 1. The lowest BCUT2D eigenvalue weighted by molar-refractivity contribution is 0.631. The number of hydrogen-bond acceptors (Lipinski definition) is 4. The number of allylic oxidation sites excluding steroid dienone is 4. The number of anilines is 2. The SMILES string of the molecule is C=C/C(=C\C(=C/C)c1ccc(N)c(C(=C)C(=C)Nc2cncc(-c3ccccc3F)c2C)c1)CNCC. The van der Waals surface area contributed by atoms with Gasteiger partial charge >= 0.3 is 0 Å². The number of nitrogens with two attached hydrogens (primary N) is 1. The van der Waals surface area contributed by atoms with Crippen LogP contribution in [0, 0.1) is 12.7 Å². The second-order valence-corrected chi connectivity index (χ2v) is 8.67. The molecule has 0 saturated heterocycles. The summed E-state index contributed by atoms with van der Waals surface area (Å²) in [6.07, 6.45) is 9.40. The third-order valence-electron chi connectivity index (χ3n) is 6.23. The number of halogens is 1. The van der Waals surface area contributed by atoms with Crippen molar-refractivity contribution in [3.63, 3.8) is 0 Å². The lowest BCUT2D eigenvalue weighted by Gasteiger charge is -2.18. The Kier molecular flexibility index (Phi) is 9.36. The molecule has 3 aromatic rings. The van der Waals surface area contributed by atoms with E-state index >= 15 is 0 Å². The van der Waals surface area contributed by atoms with E-state index in [0.29, 0.717) is 28.1 Å². The molecular weight excluding hydrogens is 459 g/mol. The number of hydrogen-bond donors (Lipinski definition) is 3. The molecule has 0 bridgehead atoms. The Morgan fingerprint density at radius 2 is 1.86 bits per heavy atom. The lowest BCUT2D eigenvalue weighted by atomic mass is 9.95. The summed E-state index contributed by atoms with van der Waals surface area (Å²) < 4.78 is 14.4. The van der Waals surface area contributed by atoms with Crippen LogP contribution in [-0.2, 0) is 0 Å². The molecule has 0 amide bonds. The van der Waals surface area contributed by atoms with E-state index in [1.165, 1.54) is 6.07 Å². The maximum atomic E-state index is 14.4. The summed E-state index contributed by atoms with van der Waals surface area (Å²) in [6, 6.07) is 12.6. The van der Waals surface area contributed by atoms with Gasteiger partial charge in [-0.15, -0.1) is 0 Å². The molecule has 0 aliphatic carbocycles. The smallest absolute Gasteiger partial charge is 0.131 e. The van der Waals surface area contributed by atoms with E-state index in [4.69, 9.17) is 5.73 Å². The Labute approximate surface area is 219 Å². The fourth-order valence-corrected chi connectivity index (χ4v) is 3.98. The zero-order valence-electron chi connectivity index (χ0n) is 21.9. The predicted octanol–water partition coefficient (Wildman–Crippen LogP) is 7.54. The second-order valence-electron chi connectivity index (χ2n) is 8.67. The van der Waals surface area contributed by atoms with Gasteiger partial charge in [-0.25, -0.2) is 4.39 Å². The normalized spacial score (nSPS) is 11.8. The Hall–Kier alpha value is -4.22.